The predicted octanol–water partition coefficient (Wildman–Crippen LogP) is 7.43. The van der Waals surface area contributed by atoms with Crippen LogP contribution in [0, 0.1) is 29.1 Å². The van der Waals surface area contributed by atoms with E-state index in [1.165, 1.54) is 6.33 Å². The van der Waals surface area contributed by atoms with Gasteiger partial charge in [0.1, 0.15) is 29.2 Å². The Morgan fingerprint density at radius 2 is 1.57 bits per heavy atom. The monoisotopic (exact) mass is 634 g/mol. The first-order valence-electron chi connectivity index (χ1n) is 14.3. The summed E-state index contributed by atoms with van der Waals surface area (Å²) >= 11 is 0. The maximum Gasteiger partial charge on any atom is 0.260 e. The number of rotatable bonds is 10. The fourth-order valence-electron chi connectivity index (χ4n) is 5.29. The van der Waals surface area contributed by atoms with E-state index in [1.807, 2.05) is 42.5 Å². The second-order valence-corrected chi connectivity index (χ2v) is 10.8. The van der Waals surface area contributed by atoms with E-state index in [0.29, 0.717) is 47.8 Å². The van der Waals surface area contributed by atoms with Crippen LogP contribution in [0.4, 0.5) is 27.8 Å². The minimum absolute atomic E-state index is 0.0932. The van der Waals surface area contributed by atoms with Gasteiger partial charge in [-0.05, 0) is 59.9 Å². The number of carbonyl (C=O) groups is 1. The molecule has 0 spiro atoms. The number of benzene rings is 4. The third-order valence-electron chi connectivity index (χ3n) is 7.86. The number of halogens is 5. The van der Waals surface area contributed by atoms with Gasteiger partial charge < -0.3 is 19.7 Å². The largest absolute Gasteiger partial charge is 0.497 e. The van der Waals surface area contributed by atoms with E-state index in [1.54, 1.807) is 32.4 Å². The molecule has 1 amide bonds. The van der Waals surface area contributed by atoms with Crippen LogP contribution in [0.5, 0.6) is 11.5 Å². The molecule has 1 N–H and O–H groups in total. The van der Waals surface area contributed by atoms with E-state index in [9.17, 15) is 26.7 Å². The van der Waals surface area contributed by atoms with Crippen molar-refractivity contribution in [3.63, 3.8) is 0 Å². The van der Waals surface area contributed by atoms with Gasteiger partial charge in [-0.2, -0.15) is 0 Å². The van der Waals surface area contributed by atoms with Gasteiger partial charge in [0.15, 0.2) is 23.3 Å². The van der Waals surface area contributed by atoms with Crippen LogP contribution < -0.4 is 14.8 Å². The fourth-order valence-corrected chi connectivity index (χ4v) is 5.29. The topological polar surface area (TPSA) is 76.6 Å². The van der Waals surface area contributed by atoms with Crippen LogP contribution in [-0.4, -0.2) is 41.0 Å². The number of fused-ring (bicyclic) bond motifs is 1. The molecule has 1 fully saturated rings. The van der Waals surface area contributed by atoms with Crippen LogP contribution in [0.15, 0.2) is 67.0 Å². The summed E-state index contributed by atoms with van der Waals surface area (Å²) in [4.78, 5) is 23.2. The highest BCUT2D eigenvalue weighted by Crippen LogP contribution is 2.34. The molecule has 46 heavy (non-hydrogen) atoms. The smallest absolute Gasteiger partial charge is 0.260 e. The Balaban J connectivity index is 1.27. The number of nitrogens with one attached hydrogen (secondary N) is 1. The quantitative estimate of drug-likeness (QED) is 0.0979. The number of hydrogen-bond donors (Lipinski definition) is 1. The number of nitrogens with zero attached hydrogens (tertiary/aromatic N) is 3. The van der Waals surface area contributed by atoms with Crippen molar-refractivity contribution in [2.45, 2.75) is 32.0 Å². The van der Waals surface area contributed by atoms with E-state index in [2.05, 4.69) is 15.3 Å². The molecule has 6 rings (SSSR count). The minimum atomic E-state index is -2.31. The second kappa shape index (κ2) is 12.6. The molecular weight excluding hydrogens is 607 g/mol. The standard InChI is InChI=1S/C34H27F5N4O3/c1-45-23-10-6-21(26(14-23)46-2)15-40-33-24-13-20(7-11-25(24)41-17-42-33)19-5-3-4-18(12-19)16-43(22-8-9-22)34(44)27-28(35)30(37)32(39)31(38)29(27)36/h3-7,10-14,17,22H,8-9,15-16H2,1-2H3,(H,40,41,42). The highest BCUT2D eigenvalue weighted by atomic mass is 19.2. The van der Waals surface area contributed by atoms with E-state index >= 15 is 0 Å². The van der Waals surface area contributed by atoms with Gasteiger partial charge in [0.25, 0.3) is 5.91 Å². The van der Waals surface area contributed by atoms with Crippen molar-refractivity contribution in [1.29, 1.82) is 0 Å². The molecule has 1 heterocycles. The Morgan fingerprint density at radius 3 is 2.26 bits per heavy atom. The van der Waals surface area contributed by atoms with Crippen LogP contribution in [0.3, 0.4) is 0 Å². The lowest BCUT2D eigenvalue weighted by molar-refractivity contribution is 0.0716. The Hall–Kier alpha value is -5.26. The summed E-state index contributed by atoms with van der Waals surface area (Å²) in [5, 5.41) is 4.10. The molecule has 1 aliphatic rings. The first-order chi connectivity index (χ1) is 22.2. The minimum Gasteiger partial charge on any atom is -0.497 e. The lowest BCUT2D eigenvalue weighted by Gasteiger charge is -2.24. The van der Waals surface area contributed by atoms with Gasteiger partial charge >= 0.3 is 0 Å². The number of ether oxygens (including phenoxy) is 2. The number of anilines is 1. The van der Waals surface area contributed by atoms with Gasteiger partial charge in [0.05, 0.1) is 19.7 Å². The maximum atomic E-state index is 14.5. The van der Waals surface area contributed by atoms with Crippen molar-refractivity contribution >= 4 is 22.6 Å². The first kappa shape index (κ1) is 30.8. The van der Waals surface area contributed by atoms with Gasteiger partial charge in [-0.1, -0.05) is 24.3 Å². The Morgan fingerprint density at radius 1 is 0.848 bits per heavy atom. The lowest BCUT2D eigenvalue weighted by Crippen LogP contribution is -2.34. The number of methoxy groups -OCH3 is 2. The number of aromatic nitrogens is 2. The van der Waals surface area contributed by atoms with Crippen molar-refractivity contribution in [2.24, 2.45) is 0 Å². The summed E-state index contributed by atoms with van der Waals surface area (Å²) in [7, 11) is 3.16. The highest BCUT2D eigenvalue weighted by Gasteiger charge is 2.38. The predicted molar refractivity (Wildman–Crippen MR) is 161 cm³/mol. The molecule has 7 nitrogen and oxygen atoms in total. The van der Waals surface area contributed by atoms with Gasteiger partial charge in [0, 0.05) is 36.1 Å². The zero-order chi connectivity index (χ0) is 32.5. The molecule has 236 valence electrons. The summed E-state index contributed by atoms with van der Waals surface area (Å²) in [5.41, 5.74) is 2.31. The molecule has 0 unspecified atom stereocenters. The molecule has 12 heteroatoms. The van der Waals surface area contributed by atoms with Crippen LogP contribution >= 0.6 is 0 Å². The molecular formula is C34H27F5N4O3. The molecule has 5 aromatic rings. The van der Waals surface area contributed by atoms with Crippen molar-refractivity contribution in [3.8, 4) is 22.6 Å². The average Bonchev–Trinajstić information content (AvgIpc) is 3.93. The third-order valence-corrected chi connectivity index (χ3v) is 7.86. The molecule has 0 radical (unpaired) electrons. The van der Waals surface area contributed by atoms with Crippen LogP contribution in [-0.2, 0) is 13.1 Å². The summed E-state index contributed by atoms with van der Waals surface area (Å²) < 4.78 is 81.2. The molecule has 1 saturated carbocycles. The second-order valence-electron chi connectivity index (χ2n) is 10.8. The zero-order valence-corrected chi connectivity index (χ0v) is 24.7. The number of carbonyl (C=O) groups excluding carboxylic acids is 1. The average molecular weight is 635 g/mol. The summed E-state index contributed by atoms with van der Waals surface area (Å²) in [6.45, 7) is 0.317. The van der Waals surface area contributed by atoms with E-state index < -0.39 is 40.6 Å². The van der Waals surface area contributed by atoms with Crippen molar-refractivity contribution in [1.82, 2.24) is 14.9 Å². The zero-order valence-electron chi connectivity index (χ0n) is 24.7. The van der Waals surface area contributed by atoms with Crippen molar-refractivity contribution in [2.75, 3.05) is 19.5 Å². The van der Waals surface area contributed by atoms with Gasteiger partial charge in [-0.3, -0.25) is 4.79 Å². The Kier molecular flexibility index (Phi) is 8.44. The van der Waals surface area contributed by atoms with Crippen LogP contribution in [0.1, 0.15) is 34.3 Å². The normalized spacial score (nSPS) is 12.7. The number of hydrogen-bond acceptors (Lipinski definition) is 6. The molecule has 0 bridgehead atoms. The molecule has 0 atom stereocenters. The number of amides is 1. The molecule has 1 aliphatic carbocycles. The Bertz CT molecular complexity index is 1940. The van der Waals surface area contributed by atoms with Crippen molar-refractivity contribution < 1.29 is 36.2 Å². The Labute approximate surface area is 260 Å². The van der Waals surface area contributed by atoms with E-state index in [-0.39, 0.29) is 12.6 Å². The van der Waals surface area contributed by atoms with Crippen molar-refractivity contribution in [3.05, 3.63) is 113 Å². The molecule has 1 aromatic heterocycles. The SMILES string of the molecule is COc1ccc(CNc2ncnc3ccc(-c4cccc(CN(C(=O)c5c(F)c(F)c(F)c(F)c5F)C5CC5)c4)cc23)c(OC)c1. The van der Waals surface area contributed by atoms with Crippen LogP contribution in [0.25, 0.3) is 22.0 Å². The highest BCUT2D eigenvalue weighted by molar-refractivity contribution is 5.95. The third kappa shape index (κ3) is 5.90. The lowest BCUT2D eigenvalue weighted by atomic mass is 10.0. The molecule has 0 saturated heterocycles. The van der Waals surface area contributed by atoms with E-state index in [4.69, 9.17) is 9.47 Å². The summed E-state index contributed by atoms with van der Waals surface area (Å²) in [6.07, 6.45) is 2.55. The van der Waals surface area contributed by atoms with Gasteiger partial charge in [0.2, 0.25) is 5.82 Å². The van der Waals surface area contributed by atoms with Crippen LogP contribution in [0.2, 0.25) is 0 Å². The summed E-state index contributed by atoms with van der Waals surface area (Å²) in [5.74, 6) is -10.2. The van der Waals surface area contributed by atoms with Gasteiger partial charge in [-0.15, -0.1) is 0 Å². The molecule has 0 aliphatic heterocycles. The fraction of sp³-hybridized carbons (Fsp3) is 0.206. The maximum absolute atomic E-state index is 14.5. The molecule has 4 aromatic carbocycles. The summed E-state index contributed by atoms with van der Waals surface area (Å²) in [6, 6.07) is 17.9. The first-order valence-corrected chi connectivity index (χ1v) is 14.3. The van der Waals surface area contributed by atoms with Gasteiger partial charge in [-0.25, -0.2) is 31.9 Å². The van der Waals surface area contributed by atoms with E-state index in [0.717, 1.165) is 27.0 Å².